The lowest BCUT2D eigenvalue weighted by Crippen LogP contribution is -2.02. The number of rotatable bonds is 2. The summed E-state index contributed by atoms with van der Waals surface area (Å²) >= 11 is 6.06. The number of aromatic nitrogens is 3. The van der Waals surface area contributed by atoms with E-state index in [0.717, 1.165) is 5.39 Å². The molecule has 7 heteroatoms. The topological polar surface area (TPSA) is 73.8 Å². The van der Waals surface area contributed by atoms with Gasteiger partial charge in [0, 0.05) is 17.6 Å². The summed E-state index contributed by atoms with van der Waals surface area (Å²) in [6.07, 6.45) is 4.36. The average molecular weight is 275 g/mol. The van der Waals surface area contributed by atoms with Crippen LogP contribution in [0.5, 0.6) is 0 Å². The number of nitro groups is 1. The number of hydrogen-bond acceptors (Lipinski definition) is 4. The van der Waals surface area contributed by atoms with Crippen LogP contribution in [-0.2, 0) is 0 Å². The molecule has 3 rings (SSSR count). The van der Waals surface area contributed by atoms with Crippen molar-refractivity contribution in [3.63, 3.8) is 0 Å². The highest BCUT2D eigenvalue weighted by Crippen LogP contribution is 2.28. The minimum absolute atomic E-state index is 0.0556. The molecular weight excluding hydrogens is 268 g/mol. The molecule has 2 aromatic heterocycles. The lowest BCUT2D eigenvalue weighted by atomic mass is 10.2. The number of halogens is 1. The van der Waals surface area contributed by atoms with Crippen molar-refractivity contribution >= 4 is 28.2 Å². The zero-order valence-electron chi connectivity index (χ0n) is 9.52. The predicted molar refractivity (Wildman–Crippen MR) is 70.5 cm³/mol. The summed E-state index contributed by atoms with van der Waals surface area (Å²) in [5.41, 5.74) is 0.952. The molecule has 0 aliphatic heterocycles. The van der Waals surface area contributed by atoms with Crippen LogP contribution in [0.3, 0.4) is 0 Å². The number of benzene rings is 1. The smallest absolute Gasteiger partial charge is 0.262 e. The number of nitrogens with zero attached hydrogens (tertiary/aromatic N) is 4. The van der Waals surface area contributed by atoms with E-state index in [2.05, 4.69) is 10.1 Å². The second-order valence-corrected chi connectivity index (χ2v) is 4.26. The standard InChI is InChI=1S/C12H7ClN4O2/c13-9-2-1-3-10-8(9)6-15-16(10)12-7-14-5-4-11(12)17(18)19/h1-7H. The number of fused-ring (bicyclic) bond motifs is 1. The van der Waals surface area contributed by atoms with Gasteiger partial charge in [-0.25, -0.2) is 4.68 Å². The van der Waals surface area contributed by atoms with E-state index in [0.29, 0.717) is 16.2 Å². The normalized spacial score (nSPS) is 10.8. The maximum Gasteiger partial charge on any atom is 0.298 e. The fourth-order valence-corrected chi connectivity index (χ4v) is 2.12. The zero-order chi connectivity index (χ0) is 13.4. The Hall–Kier alpha value is -2.47. The number of pyridine rings is 1. The second-order valence-electron chi connectivity index (χ2n) is 3.85. The SMILES string of the molecule is O=[N+]([O-])c1ccncc1-n1ncc2c(Cl)cccc21. The van der Waals surface area contributed by atoms with E-state index in [1.54, 1.807) is 24.4 Å². The lowest BCUT2D eigenvalue weighted by molar-refractivity contribution is -0.384. The van der Waals surface area contributed by atoms with Crippen molar-refractivity contribution < 1.29 is 4.92 Å². The van der Waals surface area contributed by atoms with Crippen LogP contribution in [0.25, 0.3) is 16.6 Å². The third-order valence-electron chi connectivity index (χ3n) is 2.76. The van der Waals surface area contributed by atoms with E-state index < -0.39 is 4.92 Å². The molecule has 0 radical (unpaired) electrons. The summed E-state index contributed by atoms with van der Waals surface area (Å²) in [5.74, 6) is 0. The van der Waals surface area contributed by atoms with Gasteiger partial charge in [0.2, 0.25) is 0 Å². The molecule has 0 bridgehead atoms. The Kier molecular flexibility index (Phi) is 2.64. The first-order valence-corrected chi connectivity index (χ1v) is 5.77. The fourth-order valence-electron chi connectivity index (χ4n) is 1.90. The summed E-state index contributed by atoms with van der Waals surface area (Å²) in [6, 6.07) is 6.65. The van der Waals surface area contributed by atoms with E-state index in [4.69, 9.17) is 11.6 Å². The van der Waals surface area contributed by atoms with Crippen molar-refractivity contribution in [2.24, 2.45) is 0 Å². The van der Waals surface area contributed by atoms with Crippen molar-refractivity contribution in [2.45, 2.75) is 0 Å². The molecule has 0 fully saturated rings. The van der Waals surface area contributed by atoms with E-state index in [-0.39, 0.29) is 5.69 Å². The molecular formula is C12H7ClN4O2. The van der Waals surface area contributed by atoms with Crippen molar-refractivity contribution in [3.8, 4) is 5.69 Å². The van der Waals surface area contributed by atoms with Gasteiger partial charge in [0.05, 0.1) is 27.9 Å². The molecule has 94 valence electrons. The van der Waals surface area contributed by atoms with Crippen LogP contribution in [0.4, 0.5) is 5.69 Å². The zero-order valence-corrected chi connectivity index (χ0v) is 10.3. The largest absolute Gasteiger partial charge is 0.298 e. The summed E-state index contributed by atoms with van der Waals surface area (Å²) < 4.78 is 1.46. The minimum atomic E-state index is -0.463. The van der Waals surface area contributed by atoms with Gasteiger partial charge in [-0.1, -0.05) is 17.7 Å². The monoisotopic (exact) mass is 274 g/mol. The first-order valence-electron chi connectivity index (χ1n) is 5.39. The van der Waals surface area contributed by atoms with Gasteiger partial charge in [0.15, 0.2) is 5.69 Å². The Morgan fingerprint density at radius 3 is 2.89 bits per heavy atom. The average Bonchev–Trinajstić information content (AvgIpc) is 2.84. The van der Waals surface area contributed by atoms with Gasteiger partial charge in [-0.15, -0.1) is 0 Å². The van der Waals surface area contributed by atoms with Crippen molar-refractivity contribution in [1.29, 1.82) is 0 Å². The Bertz CT molecular complexity index is 784. The molecule has 19 heavy (non-hydrogen) atoms. The molecule has 0 atom stereocenters. The maximum absolute atomic E-state index is 11.0. The molecule has 1 aromatic carbocycles. The van der Waals surface area contributed by atoms with Gasteiger partial charge in [-0.05, 0) is 12.1 Å². The van der Waals surface area contributed by atoms with Gasteiger partial charge in [-0.2, -0.15) is 5.10 Å². The molecule has 0 unspecified atom stereocenters. The molecule has 3 aromatic rings. The Labute approximate surface area is 112 Å². The highest BCUT2D eigenvalue weighted by molar-refractivity contribution is 6.35. The second kappa shape index (κ2) is 4.33. The summed E-state index contributed by atoms with van der Waals surface area (Å²) in [7, 11) is 0. The third kappa shape index (κ3) is 1.82. The Morgan fingerprint density at radius 2 is 2.11 bits per heavy atom. The predicted octanol–water partition coefficient (Wildman–Crippen LogP) is 2.98. The van der Waals surface area contributed by atoms with Crippen LogP contribution < -0.4 is 0 Å². The van der Waals surface area contributed by atoms with Crippen LogP contribution >= 0.6 is 11.6 Å². The van der Waals surface area contributed by atoms with E-state index in [1.165, 1.54) is 23.1 Å². The molecule has 0 spiro atoms. The highest BCUT2D eigenvalue weighted by Gasteiger charge is 2.17. The first kappa shape index (κ1) is 11.6. The molecule has 0 saturated heterocycles. The first-order chi connectivity index (χ1) is 9.18. The van der Waals surface area contributed by atoms with Gasteiger partial charge in [0.25, 0.3) is 5.69 Å². The van der Waals surface area contributed by atoms with Crippen LogP contribution in [0.2, 0.25) is 5.02 Å². The Balaban J connectivity index is 2.32. The highest BCUT2D eigenvalue weighted by atomic mass is 35.5. The van der Waals surface area contributed by atoms with E-state index in [9.17, 15) is 10.1 Å². The molecule has 0 saturated carbocycles. The summed E-state index contributed by atoms with van der Waals surface area (Å²) in [4.78, 5) is 14.5. The fraction of sp³-hybridized carbons (Fsp3) is 0. The lowest BCUT2D eigenvalue weighted by Gasteiger charge is -2.03. The van der Waals surface area contributed by atoms with Crippen molar-refractivity contribution in [3.05, 3.63) is 58.0 Å². The van der Waals surface area contributed by atoms with Gasteiger partial charge in [0.1, 0.15) is 0 Å². The van der Waals surface area contributed by atoms with Crippen LogP contribution in [0.15, 0.2) is 42.9 Å². The molecule has 2 heterocycles. The van der Waals surface area contributed by atoms with Crippen molar-refractivity contribution in [2.75, 3.05) is 0 Å². The molecule has 6 nitrogen and oxygen atoms in total. The maximum atomic E-state index is 11.0. The summed E-state index contributed by atoms with van der Waals surface area (Å²) in [6.45, 7) is 0. The van der Waals surface area contributed by atoms with Crippen LogP contribution in [0.1, 0.15) is 0 Å². The van der Waals surface area contributed by atoms with E-state index in [1.807, 2.05) is 0 Å². The Morgan fingerprint density at radius 1 is 1.26 bits per heavy atom. The van der Waals surface area contributed by atoms with Gasteiger partial charge < -0.3 is 0 Å². The van der Waals surface area contributed by atoms with Crippen LogP contribution in [0, 0.1) is 10.1 Å². The van der Waals surface area contributed by atoms with Crippen molar-refractivity contribution in [1.82, 2.24) is 14.8 Å². The number of hydrogen-bond donors (Lipinski definition) is 0. The summed E-state index contributed by atoms with van der Waals surface area (Å²) in [5, 5.41) is 16.5. The molecule has 0 aliphatic rings. The van der Waals surface area contributed by atoms with Gasteiger partial charge in [-0.3, -0.25) is 15.1 Å². The third-order valence-corrected chi connectivity index (χ3v) is 3.09. The minimum Gasteiger partial charge on any atom is -0.262 e. The van der Waals surface area contributed by atoms with Crippen LogP contribution in [-0.4, -0.2) is 19.7 Å². The molecule has 0 N–H and O–H groups in total. The van der Waals surface area contributed by atoms with Gasteiger partial charge >= 0.3 is 0 Å². The molecule has 0 amide bonds. The van der Waals surface area contributed by atoms with E-state index >= 15 is 0 Å². The quantitative estimate of drug-likeness (QED) is 0.532. The molecule has 0 aliphatic carbocycles.